The number of carbonyl (C=O) groups excluding carboxylic acids is 1. The standard InChI is InChI=1S/C26H28N2O3/c29-26(28-17-15-27(16-18-28)19-22-7-3-1-4-8-22)21-31-25-13-11-24(12-14-25)30-20-23-9-5-2-6-10-23/h1-14H,15-21H2. The molecule has 1 aliphatic rings. The third-order valence-electron chi connectivity index (χ3n) is 5.41. The zero-order chi connectivity index (χ0) is 21.3. The van der Waals surface area contributed by atoms with Gasteiger partial charge in [0.25, 0.3) is 5.91 Å². The summed E-state index contributed by atoms with van der Waals surface area (Å²) in [7, 11) is 0. The summed E-state index contributed by atoms with van der Waals surface area (Å²) in [5.41, 5.74) is 2.43. The summed E-state index contributed by atoms with van der Waals surface area (Å²) in [6.07, 6.45) is 0. The van der Waals surface area contributed by atoms with Crippen molar-refractivity contribution >= 4 is 5.91 Å². The first-order chi connectivity index (χ1) is 15.3. The fraction of sp³-hybridized carbons (Fsp3) is 0.269. The van der Waals surface area contributed by atoms with E-state index in [1.54, 1.807) is 0 Å². The highest BCUT2D eigenvalue weighted by Crippen LogP contribution is 2.19. The Morgan fingerprint density at radius 1 is 0.677 bits per heavy atom. The molecule has 0 aromatic heterocycles. The molecule has 0 aliphatic carbocycles. The molecule has 0 saturated carbocycles. The molecule has 0 spiro atoms. The summed E-state index contributed by atoms with van der Waals surface area (Å²) >= 11 is 0. The highest BCUT2D eigenvalue weighted by Gasteiger charge is 2.21. The van der Waals surface area contributed by atoms with Crippen LogP contribution in [0.15, 0.2) is 84.9 Å². The van der Waals surface area contributed by atoms with E-state index in [-0.39, 0.29) is 12.5 Å². The van der Waals surface area contributed by atoms with E-state index in [0.29, 0.717) is 12.4 Å². The van der Waals surface area contributed by atoms with Crippen LogP contribution >= 0.6 is 0 Å². The van der Waals surface area contributed by atoms with E-state index in [1.807, 2.05) is 65.6 Å². The lowest BCUT2D eigenvalue weighted by molar-refractivity contribution is -0.135. The van der Waals surface area contributed by atoms with Crippen LogP contribution in [0, 0.1) is 0 Å². The molecule has 0 N–H and O–H groups in total. The second-order valence-electron chi connectivity index (χ2n) is 7.68. The number of carbonyl (C=O) groups is 1. The molecule has 4 rings (SSSR count). The average molecular weight is 417 g/mol. The van der Waals surface area contributed by atoms with Gasteiger partial charge >= 0.3 is 0 Å². The van der Waals surface area contributed by atoms with Crippen LogP contribution in [0.5, 0.6) is 11.5 Å². The van der Waals surface area contributed by atoms with Gasteiger partial charge in [0.05, 0.1) is 0 Å². The minimum Gasteiger partial charge on any atom is -0.489 e. The van der Waals surface area contributed by atoms with Crippen molar-refractivity contribution in [1.82, 2.24) is 9.80 Å². The van der Waals surface area contributed by atoms with Crippen molar-refractivity contribution in [1.29, 1.82) is 0 Å². The van der Waals surface area contributed by atoms with Gasteiger partial charge in [0.2, 0.25) is 0 Å². The van der Waals surface area contributed by atoms with Crippen LogP contribution < -0.4 is 9.47 Å². The second-order valence-corrected chi connectivity index (χ2v) is 7.68. The summed E-state index contributed by atoms with van der Waals surface area (Å²) < 4.78 is 11.5. The van der Waals surface area contributed by atoms with Crippen molar-refractivity contribution < 1.29 is 14.3 Å². The summed E-state index contributed by atoms with van der Waals surface area (Å²) in [6.45, 7) is 4.75. The second kappa shape index (κ2) is 10.6. The molecule has 0 radical (unpaired) electrons. The molecular formula is C26H28N2O3. The monoisotopic (exact) mass is 416 g/mol. The molecular weight excluding hydrogens is 388 g/mol. The molecule has 0 unspecified atom stereocenters. The number of piperazine rings is 1. The predicted octanol–water partition coefficient (Wildman–Crippen LogP) is 3.99. The van der Waals surface area contributed by atoms with E-state index in [4.69, 9.17) is 9.47 Å². The van der Waals surface area contributed by atoms with E-state index < -0.39 is 0 Å². The fourth-order valence-electron chi connectivity index (χ4n) is 3.61. The van der Waals surface area contributed by atoms with Gasteiger partial charge in [0.1, 0.15) is 18.1 Å². The van der Waals surface area contributed by atoms with Crippen molar-refractivity contribution in [3.8, 4) is 11.5 Å². The third kappa shape index (κ3) is 6.33. The van der Waals surface area contributed by atoms with E-state index in [9.17, 15) is 4.79 Å². The largest absolute Gasteiger partial charge is 0.489 e. The highest BCUT2D eigenvalue weighted by atomic mass is 16.5. The summed E-state index contributed by atoms with van der Waals surface area (Å²) in [6, 6.07) is 27.9. The van der Waals surface area contributed by atoms with E-state index in [0.717, 1.165) is 44.0 Å². The first-order valence-corrected chi connectivity index (χ1v) is 10.7. The van der Waals surface area contributed by atoms with Crippen LogP contribution in [0.1, 0.15) is 11.1 Å². The van der Waals surface area contributed by atoms with Gasteiger partial charge in [-0.3, -0.25) is 9.69 Å². The maximum Gasteiger partial charge on any atom is 0.260 e. The van der Waals surface area contributed by atoms with Crippen molar-refractivity contribution in [2.24, 2.45) is 0 Å². The smallest absolute Gasteiger partial charge is 0.260 e. The van der Waals surface area contributed by atoms with Crippen LogP contribution in [-0.2, 0) is 17.9 Å². The van der Waals surface area contributed by atoms with Crippen molar-refractivity contribution in [2.45, 2.75) is 13.2 Å². The van der Waals surface area contributed by atoms with Gasteiger partial charge in [-0.05, 0) is 35.4 Å². The van der Waals surface area contributed by atoms with E-state index in [2.05, 4.69) is 29.2 Å². The Hall–Kier alpha value is -3.31. The molecule has 1 fully saturated rings. The normalized spacial score (nSPS) is 14.3. The summed E-state index contributed by atoms with van der Waals surface area (Å²) in [5, 5.41) is 0. The highest BCUT2D eigenvalue weighted by molar-refractivity contribution is 5.77. The Morgan fingerprint density at radius 3 is 1.84 bits per heavy atom. The number of nitrogens with zero attached hydrogens (tertiary/aromatic N) is 2. The predicted molar refractivity (Wildman–Crippen MR) is 121 cm³/mol. The van der Waals surface area contributed by atoms with Crippen LogP contribution in [0.25, 0.3) is 0 Å². The van der Waals surface area contributed by atoms with Gasteiger partial charge < -0.3 is 14.4 Å². The third-order valence-corrected chi connectivity index (χ3v) is 5.41. The average Bonchev–Trinajstić information content (AvgIpc) is 2.84. The van der Waals surface area contributed by atoms with Crippen molar-refractivity contribution in [2.75, 3.05) is 32.8 Å². The maximum atomic E-state index is 12.5. The number of rotatable bonds is 8. The molecule has 1 saturated heterocycles. The first kappa shape index (κ1) is 20.9. The Bertz CT molecular complexity index is 937. The van der Waals surface area contributed by atoms with Gasteiger partial charge in [0.15, 0.2) is 6.61 Å². The molecule has 3 aromatic carbocycles. The number of hydrogen-bond acceptors (Lipinski definition) is 4. The van der Waals surface area contributed by atoms with E-state index in [1.165, 1.54) is 5.56 Å². The molecule has 31 heavy (non-hydrogen) atoms. The molecule has 5 heteroatoms. The lowest BCUT2D eigenvalue weighted by atomic mass is 10.2. The topological polar surface area (TPSA) is 42.0 Å². The number of amides is 1. The molecule has 160 valence electrons. The Morgan fingerprint density at radius 2 is 1.23 bits per heavy atom. The molecule has 0 atom stereocenters. The molecule has 1 heterocycles. The van der Waals surface area contributed by atoms with Crippen LogP contribution in [-0.4, -0.2) is 48.5 Å². The van der Waals surface area contributed by atoms with Crippen LogP contribution in [0.3, 0.4) is 0 Å². The minimum atomic E-state index is 0.0313. The minimum absolute atomic E-state index is 0.0313. The van der Waals surface area contributed by atoms with Gasteiger partial charge in [0, 0.05) is 32.7 Å². The maximum absolute atomic E-state index is 12.5. The summed E-state index contributed by atoms with van der Waals surface area (Å²) in [4.78, 5) is 16.8. The van der Waals surface area contributed by atoms with Gasteiger partial charge in [-0.2, -0.15) is 0 Å². The SMILES string of the molecule is O=C(COc1ccc(OCc2ccccc2)cc1)N1CCN(Cc2ccccc2)CC1. The van der Waals surface area contributed by atoms with Crippen molar-refractivity contribution in [3.63, 3.8) is 0 Å². The number of hydrogen-bond donors (Lipinski definition) is 0. The Balaban J connectivity index is 1.17. The molecule has 3 aromatic rings. The van der Waals surface area contributed by atoms with Gasteiger partial charge in [-0.15, -0.1) is 0 Å². The van der Waals surface area contributed by atoms with E-state index >= 15 is 0 Å². The zero-order valence-corrected chi connectivity index (χ0v) is 17.7. The molecule has 1 aliphatic heterocycles. The van der Waals surface area contributed by atoms with Crippen LogP contribution in [0.2, 0.25) is 0 Å². The quantitative estimate of drug-likeness (QED) is 0.557. The van der Waals surface area contributed by atoms with Crippen LogP contribution in [0.4, 0.5) is 0 Å². The lowest BCUT2D eigenvalue weighted by Crippen LogP contribution is -2.49. The first-order valence-electron chi connectivity index (χ1n) is 10.7. The fourth-order valence-corrected chi connectivity index (χ4v) is 3.61. The lowest BCUT2D eigenvalue weighted by Gasteiger charge is -2.34. The van der Waals surface area contributed by atoms with Gasteiger partial charge in [-0.25, -0.2) is 0 Å². The zero-order valence-electron chi connectivity index (χ0n) is 17.7. The molecule has 1 amide bonds. The number of ether oxygens (including phenoxy) is 2. The Kier molecular flexibility index (Phi) is 7.19. The number of benzene rings is 3. The van der Waals surface area contributed by atoms with Gasteiger partial charge in [-0.1, -0.05) is 60.7 Å². The summed E-state index contributed by atoms with van der Waals surface area (Å²) in [5.74, 6) is 1.48. The van der Waals surface area contributed by atoms with Crippen molar-refractivity contribution in [3.05, 3.63) is 96.1 Å². The molecule has 5 nitrogen and oxygen atoms in total. The molecule has 0 bridgehead atoms. The Labute approximate surface area is 183 Å².